The van der Waals surface area contributed by atoms with E-state index in [1.54, 1.807) is 0 Å². The number of carbonyl (C=O) groups excluding carboxylic acids is 3. The highest BCUT2D eigenvalue weighted by molar-refractivity contribution is 7.80. The normalized spacial score (nSPS) is 13.2. The van der Waals surface area contributed by atoms with Crippen LogP contribution < -0.4 is 16.4 Å². The maximum Gasteiger partial charge on any atom is 0.326 e. The molecule has 5 N–H and O–H groups in total. The average Bonchev–Trinajstić information content (AvgIpc) is 2.30. The Balaban J connectivity index is 4.55. The fourth-order valence-corrected chi connectivity index (χ4v) is 1.51. The lowest BCUT2D eigenvalue weighted by Crippen LogP contribution is -2.52. The van der Waals surface area contributed by atoms with Crippen LogP contribution in [0.5, 0.6) is 0 Å². The fourth-order valence-electron chi connectivity index (χ4n) is 1.26. The summed E-state index contributed by atoms with van der Waals surface area (Å²) in [6.45, 7) is 1.23. The van der Waals surface area contributed by atoms with Crippen LogP contribution in [-0.4, -0.2) is 46.6 Å². The number of nitrogens with two attached hydrogens (primary N) is 1. The van der Waals surface area contributed by atoms with E-state index in [0.29, 0.717) is 0 Å². The second kappa shape index (κ2) is 8.35. The molecule has 0 aromatic carbocycles. The number of hydrogen-bond donors (Lipinski definition) is 5. The van der Waals surface area contributed by atoms with Crippen LogP contribution in [0.2, 0.25) is 0 Å². The molecule has 0 aromatic heterocycles. The zero-order valence-electron chi connectivity index (χ0n) is 10.4. The van der Waals surface area contributed by atoms with Crippen molar-refractivity contribution in [1.82, 2.24) is 10.6 Å². The number of nitrogens with one attached hydrogen (secondary N) is 2. The zero-order chi connectivity index (χ0) is 15.0. The fraction of sp³-hybridized carbons (Fsp3) is 0.600. The minimum Gasteiger partial charge on any atom is -0.480 e. The first-order chi connectivity index (χ1) is 8.77. The molecule has 9 heteroatoms. The molecule has 0 aliphatic carbocycles. The van der Waals surface area contributed by atoms with Gasteiger partial charge in [0.05, 0.1) is 0 Å². The molecule has 0 fully saturated rings. The number of rotatable bonds is 8. The maximum atomic E-state index is 11.7. The van der Waals surface area contributed by atoms with E-state index >= 15 is 0 Å². The van der Waals surface area contributed by atoms with E-state index in [4.69, 9.17) is 10.8 Å². The van der Waals surface area contributed by atoms with Crippen LogP contribution in [0.4, 0.5) is 0 Å². The van der Waals surface area contributed by atoms with Crippen LogP contribution in [0.25, 0.3) is 0 Å². The van der Waals surface area contributed by atoms with Crippen LogP contribution >= 0.6 is 12.6 Å². The minimum atomic E-state index is -1.28. The second-order valence-electron chi connectivity index (χ2n) is 3.84. The highest BCUT2D eigenvalue weighted by Crippen LogP contribution is 1.99. The van der Waals surface area contributed by atoms with E-state index < -0.39 is 35.8 Å². The topological polar surface area (TPSA) is 139 Å². The van der Waals surface area contributed by atoms with Gasteiger partial charge in [-0.15, -0.1) is 0 Å². The molecule has 0 heterocycles. The van der Waals surface area contributed by atoms with Crippen molar-refractivity contribution in [3.8, 4) is 0 Å². The summed E-state index contributed by atoms with van der Waals surface area (Å²) in [6.07, 6.45) is -0.279. The van der Waals surface area contributed by atoms with Crippen LogP contribution in [0.3, 0.4) is 0 Å². The van der Waals surface area contributed by atoms with Gasteiger partial charge in [0.25, 0.3) is 0 Å². The molecule has 0 aliphatic rings. The summed E-state index contributed by atoms with van der Waals surface area (Å²) in [6, 6.07) is -2.17. The van der Waals surface area contributed by atoms with Gasteiger partial charge in [-0.2, -0.15) is 12.6 Å². The maximum absolute atomic E-state index is 11.7. The number of amides is 3. The van der Waals surface area contributed by atoms with E-state index in [1.165, 1.54) is 6.92 Å². The quantitative estimate of drug-likeness (QED) is 0.338. The van der Waals surface area contributed by atoms with Crippen molar-refractivity contribution in [1.29, 1.82) is 0 Å². The van der Waals surface area contributed by atoms with Crippen molar-refractivity contribution in [3.05, 3.63) is 0 Å². The van der Waals surface area contributed by atoms with Crippen molar-refractivity contribution in [3.63, 3.8) is 0 Å². The van der Waals surface area contributed by atoms with Gasteiger partial charge in [-0.05, 0) is 6.42 Å². The number of carboxylic acids is 1. The molecule has 3 amide bonds. The Morgan fingerprint density at radius 2 is 1.79 bits per heavy atom. The molecular weight excluding hydrogens is 274 g/mol. The van der Waals surface area contributed by atoms with Gasteiger partial charge >= 0.3 is 5.97 Å². The Bertz CT molecular complexity index is 374. The van der Waals surface area contributed by atoms with Crippen molar-refractivity contribution in [2.75, 3.05) is 5.75 Å². The SMILES string of the molecule is CC(=O)N[C@@H](CS)C(=O)N[C@@H](CCC(N)=O)C(=O)O. The average molecular weight is 291 g/mol. The molecule has 19 heavy (non-hydrogen) atoms. The van der Waals surface area contributed by atoms with Gasteiger partial charge in [0.1, 0.15) is 12.1 Å². The molecule has 0 rings (SSSR count). The number of primary amides is 1. The van der Waals surface area contributed by atoms with Gasteiger partial charge in [-0.3, -0.25) is 14.4 Å². The van der Waals surface area contributed by atoms with E-state index in [9.17, 15) is 19.2 Å². The third kappa shape index (κ3) is 7.29. The summed E-state index contributed by atoms with van der Waals surface area (Å²) in [5.41, 5.74) is 4.91. The summed E-state index contributed by atoms with van der Waals surface area (Å²) in [4.78, 5) is 44.1. The van der Waals surface area contributed by atoms with Crippen molar-refractivity contribution < 1.29 is 24.3 Å². The van der Waals surface area contributed by atoms with Crippen molar-refractivity contribution in [2.24, 2.45) is 5.73 Å². The Kier molecular flexibility index (Phi) is 7.57. The van der Waals surface area contributed by atoms with E-state index in [-0.39, 0.29) is 18.6 Å². The zero-order valence-corrected chi connectivity index (χ0v) is 11.3. The molecule has 0 aromatic rings. The van der Waals surface area contributed by atoms with E-state index in [0.717, 1.165) is 0 Å². The molecule has 0 bridgehead atoms. The number of aliphatic carboxylic acids is 1. The summed E-state index contributed by atoms with van der Waals surface area (Å²) < 4.78 is 0. The standard InChI is InChI=1S/C10H17N3O5S/c1-5(14)12-7(4-19)9(16)13-6(10(17)18)2-3-8(11)15/h6-7,19H,2-4H2,1H3,(H2,11,15)(H,12,14)(H,13,16)(H,17,18)/t6-,7-/m0/s1. The largest absolute Gasteiger partial charge is 0.480 e. The third-order valence-corrected chi connectivity index (χ3v) is 2.54. The third-order valence-electron chi connectivity index (χ3n) is 2.17. The summed E-state index contributed by atoms with van der Waals surface area (Å²) in [5.74, 6) is -3.03. The summed E-state index contributed by atoms with van der Waals surface area (Å²) in [5, 5.41) is 13.4. The predicted molar refractivity (Wildman–Crippen MR) is 69.5 cm³/mol. The van der Waals surface area contributed by atoms with Crippen LogP contribution in [0.1, 0.15) is 19.8 Å². The van der Waals surface area contributed by atoms with Crippen molar-refractivity contribution >= 4 is 36.3 Å². The molecule has 8 nitrogen and oxygen atoms in total. The van der Waals surface area contributed by atoms with Gasteiger partial charge in [-0.1, -0.05) is 0 Å². The van der Waals surface area contributed by atoms with Crippen molar-refractivity contribution in [2.45, 2.75) is 31.8 Å². The first kappa shape index (κ1) is 17.2. The molecule has 2 atom stereocenters. The monoisotopic (exact) mass is 291 g/mol. The minimum absolute atomic E-state index is 0.0214. The molecule has 0 saturated carbocycles. The number of carbonyl (C=O) groups is 4. The Morgan fingerprint density at radius 1 is 1.21 bits per heavy atom. The van der Waals surface area contributed by atoms with Gasteiger partial charge in [0.2, 0.25) is 17.7 Å². The van der Waals surface area contributed by atoms with Gasteiger partial charge in [0.15, 0.2) is 0 Å². The molecule has 0 radical (unpaired) electrons. The number of thiol groups is 1. The first-order valence-corrected chi connectivity index (χ1v) is 6.10. The van der Waals surface area contributed by atoms with Crippen LogP contribution in [-0.2, 0) is 19.2 Å². The lowest BCUT2D eigenvalue weighted by atomic mass is 10.1. The highest BCUT2D eigenvalue weighted by Gasteiger charge is 2.25. The molecule has 0 saturated heterocycles. The Morgan fingerprint density at radius 3 is 2.16 bits per heavy atom. The van der Waals surface area contributed by atoms with Gasteiger partial charge < -0.3 is 21.5 Å². The number of hydrogen-bond acceptors (Lipinski definition) is 5. The highest BCUT2D eigenvalue weighted by atomic mass is 32.1. The molecule has 0 aliphatic heterocycles. The second-order valence-corrected chi connectivity index (χ2v) is 4.21. The molecule has 0 spiro atoms. The van der Waals surface area contributed by atoms with Gasteiger partial charge in [-0.25, -0.2) is 4.79 Å². The van der Waals surface area contributed by atoms with Crippen LogP contribution in [0, 0.1) is 0 Å². The Hall–Kier alpha value is -1.77. The predicted octanol–water partition coefficient (Wildman–Crippen LogP) is -1.74. The Labute approximate surface area is 115 Å². The van der Waals surface area contributed by atoms with E-state index in [1.807, 2.05) is 0 Å². The number of carboxylic acid groups (broad SMARTS) is 1. The lowest BCUT2D eigenvalue weighted by Gasteiger charge is -2.19. The van der Waals surface area contributed by atoms with Crippen LogP contribution in [0.15, 0.2) is 0 Å². The smallest absolute Gasteiger partial charge is 0.326 e. The molecular formula is C10H17N3O5S. The van der Waals surface area contributed by atoms with Gasteiger partial charge in [0, 0.05) is 19.1 Å². The van der Waals surface area contributed by atoms with E-state index in [2.05, 4.69) is 23.3 Å². The molecule has 0 unspecified atom stereocenters. The summed E-state index contributed by atoms with van der Waals surface area (Å²) in [7, 11) is 0. The molecule has 108 valence electrons. The first-order valence-electron chi connectivity index (χ1n) is 5.47. The lowest BCUT2D eigenvalue weighted by molar-refractivity contribution is -0.142. The summed E-state index contributed by atoms with van der Waals surface area (Å²) >= 11 is 3.89.